The van der Waals surface area contributed by atoms with Crippen molar-refractivity contribution in [2.24, 2.45) is 5.16 Å². The molecule has 0 radical (unpaired) electrons. The van der Waals surface area contributed by atoms with Gasteiger partial charge in [-0.05, 0) is 55.3 Å². The number of nitrogens with one attached hydrogen (secondary N) is 1. The van der Waals surface area contributed by atoms with Crippen LogP contribution in [0.5, 0.6) is 5.75 Å². The van der Waals surface area contributed by atoms with Crippen LogP contribution >= 0.6 is 0 Å². The number of anilines is 1. The fourth-order valence-corrected chi connectivity index (χ4v) is 3.82. The van der Waals surface area contributed by atoms with Crippen LogP contribution in [0.1, 0.15) is 29.6 Å². The van der Waals surface area contributed by atoms with Crippen LogP contribution in [0.4, 0.5) is 10.1 Å². The van der Waals surface area contributed by atoms with Crippen LogP contribution in [0, 0.1) is 5.82 Å². The fraction of sp³-hybridized carbons (Fsp3) is 0.318. The van der Waals surface area contributed by atoms with E-state index < -0.39 is 11.4 Å². The number of rotatable bonds is 4. The molecule has 30 heavy (non-hydrogen) atoms. The lowest BCUT2D eigenvalue weighted by Crippen LogP contribution is -2.50. The Morgan fingerprint density at radius 1 is 1.23 bits per heavy atom. The number of halogens is 1. The van der Waals surface area contributed by atoms with E-state index >= 15 is 0 Å². The molecule has 1 atom stereocenters. The van der Waals surface area contributed by atoms with Crippen LogP contribution in [-0.4, -0.2) is 48.2 Å². The first-order chi connectivity index (χ1) is 14.5. The number of nitrogens with zero attached hydrogens (tertiary/aromatic N) is 2. The van der Waals surface area contributed by atoms with E-state index in [4.69, 9.17) is 9.57 Å². The summed E-state index contributed by atoms with van der Waals surface area (Å²) in [6.45, 7) is 0.846. The Hall–Kier alpha value is -3.42. The van der Waals surface area contributed by atoms with E-state index in [1.54, 1.807) is 42.3 Å². The van der Waals surface area contributed by atoms with Crippen LogP contribution < -0.4 is 10.1 Å². The van der Waals surface area contributed by atoms with E-state index in [0.29, 0.717) is 49.4 Å². The molecule has 1 fully saturated rings. The predicted molar refractivity (Wildman–Crippen MR) is 109 cm³/mol. The number of methoxy groups -OCH3 is 1. The van der Waals surface area contributed by atoms with Crippen LogP contribution in [-0.2, 0) is 9.63 Å². The highest BCUT2D eigenvalue weighted by atomic mass is 19.1. The maximum atomic E-state index is 13.5. The van der Waals surface area contributed by atoms with Gasteiger partial charge in [-0.25, -0.2) is 4.39 Å². The van der Waals surface area contributed by atoms with Gasteiger partial charge in [-0.15, -0.1) is 0 Å². The van der Waals surface area contributed by atoms with Crippen molar-refractivity contribution in [3.05, 3.63) is 59.9 Å². The first-order valence-electron chi connectivity index (χ1n) is 9.73. The number of likely N-dealkylation sites (tertiary alicyclic amines) is 1. The number of hydrogen-bond donors (Lipinski definition) is 1. The monoisotopic (exact) mass is 411 g/mol. The second kappa shape index (κ2) is 8.14. The normalized spacial score (nSPS) is 20.5. The van der Waals surface area contributed by atoms with Gasteiger partial charge in [-0.1, -0.05) is 11.2 Å². The summed E-state index contributed by atoms with van der Waals surface area (Å²) in [6, 6.07) is 12.6. The summed E-state index contributed by atoms with van der Waals surface area (Å²) in [7, 11) is 1.57. The first kappa shape index (κ1) is 19.9. The molecule has 2 aromatic carbocycles. The maximum absolute atomic E-state index is 13.5. The molecule has 0 bridgehead atoms. The predicted octanol–water partition coefficient (Wildman–Crippen LogP) is 3.22. The Morgan fingerprint density at radius 3 is 2.77 bits per heavy atom. The summed E-state index contributed by atoms with van der Waals surface area (Å²) in [5.74, 6) is -0.358. The van der Waals surface area contributed by atoms with E-state index in [0.717, 1.165) is 0 Å². The molecule has 1 saturated heterocycles. The zero-order chi connectivity index (χ0) is 21.1. The van der Waals surface area contributed by atoms with Crippen molar-refractivity contribution in [3.63, 3.8) is 0 Å². The minimum atomic E-state index is -0.728. The highest BCUT2D eigenvalue weighted by molar-refractivity contribution is 6.43. The summed E-state index contributed by atoms with van der Waals surface area (Å²) in [6.07, 6.45) is 1.70. The third-order valence-corrected chi connectivity index (χ3v) is 5.35. The summed E-state index contributed by atoms with van der Waals surface area (Å²) >= 11 is 0. The highest BCUT2D eigenvalue weighted by Gasteiger charge is 2.45. The van der Waals surface area contributed by atoms with Crippen LogP contribution in [0.25, 0.3) is 0 Å². The summed E-state index contributed by atoms with van der Waals surface area (Å²) in [4.78, 5) is 32.7. The van der Waals surface area contributed by atoms with Gasteiger partial charge in [0.2, 0.25) is 0 Å². The molecule has 2 aliphatic heterocycles. The lowest BCUT2D eigenvalue weighted by atomic mass is 9.87. The second-order valence-corrected chi connectivity index (χ2v) is 7.51. The molecule has 2 aromatic rings. The number of hydrogen-bond acceptors (Lipinski definition) is 5. The lowest BCUT2D eigenvalue weighted by Gasteiger charge is -2.38. The number of oxime groups is 1. The smallest absolute Gasteiger partial charge is 0.273 e. The molecule has 156 valence electrons. The SMILES string of the molecule is COc1ccc(NC(=O)C2=NOC3(CCCN(C(=O)c4cccc(F)c4)C3)C2)cc1. The van der Waals surface area contributed by atoms with Gasteiger partial charge in [-0.3, -0.25) is 9.59 Å². The van der Waals surface area contributed by atoms with Crippen LogP contribution in [0.2, 0.25) is 0 Å². The Morgan fingerprint density at radius 2 is 2.03 bits per heavy atom. The van der Waals surface area contributed by atoms with Crippen molar-refractivity contribution in [2.45, 2.75) is 24.9 Å². The average Bonchev–Trinajstić information content (AvgIpc) is 3.17. The Kier molecular flexibility index (Phi) is 5.39. The molecule has 1 N–H and O–H groups in total. The molecule has 2 aliphatic rings. The van der Waals surface area contributed by atoms with Gasteiger partial charge >= 0.3 is 0 Å². The van der Waals surface area contributed by atoms with E-state index in [1.807, 2.05) is 0 Å². The molecule has 1 unspecified atom stereocenters. The number of piperidine rings is 1. The summed E-state index contributed by atoms with van der Waals surface area (Å²) in [5, 5.41) is 6.80. The molecule has 7 nitrogen and oxygen atoms in total. The number of benzene rings is 2. The fourth-order valence-electron chi connectivity index (χ4n) is 3.82. The maximum Gasteiger partial charge on any atom is 0.273 e. The zero-order valence-electron chi connectivity index (χ0n) is 16.6. The summed E-state index contributed by atoms with van der Waals surface area (Å²) < 4.78 is 18.6. The second-order valence-electron chi connectivity index (χ2n) is 7.51. The van der Waals surface area contributed by atoms with E-state index in [-0.39, 0.29) is 17.5 Å². The Bertz CT molecular complexity index is 992. The average molecular weight is 411 g/mol. The van der Waals surface area contributed by atoms with Gasteiger partial charge in [0, 0.05) is 24.2 Å². The molecule has 2 heterocycles. The summed E-state index contributed by atoms with van der Waals surface area (Å²) in [5.41, 5.74) is 0.471. The molecule has 1 spiro atoms. The quantitative estimate of drug-likeness (QED) is 0.838. The van der Waals surface area contributed by atoms with Gasteiger partial charge in [0.25, 0.3) is 11.8 Å². The van der Waals surface area contributed by atoms with Gasteiger partial charge in [0.1, 0.15) is 17.3 Å². The number of amides is 2. The van der Waals surface area contributed by atoms with E-state index in [1.165, 1.54) is 18.2 Å². The van der Waals surface area contributed by atoms with Crippen molar-refractivity contribution in [1.82, 2.24) is 4.90 Å². The molecule has 0 saturated carbocycles. The molecule has 8 heteroatoms. The van der Waals surface area contributed by atoms with Gasteiger partial charge in [-0.2, -0.15) is 0 Å². The molecule has 2 amide bonds. The van der Waals surface area contributed by atoms with Crippen molar-refractivity contribution < 1.29 is 23.6 Å². The standard InChI is InChI=1S/C22H22FN3O4/c1-29-18-8-6-17(7-9-18)24-20(27)19-13-22(30-25-19)10-3-11-26(14-22)21(28)15-4-2-5-16(23)12-15/h2,4-9,12H,3,10-11,13-14H2,1H3,(H,24,27). The highest BCUT2D eigenvalue weighted by Crippen LogP contribution is 2.34. The largest absolute Gasteiger partial charge is 0.497 e. The topological polar surface area (TPSA) is 80.2 Å². The third-order valence-electron chi connectivity index (χ3n) is 5.35. The molecule has 4 rings (SSSR count). The van der Waals surface area contributed by atoms with E-state index in [2.05, 4.69) is 10.5 Å². The van der Waals surface area contributed by atoms with Gasteiger partial charge in [0.05, 0.1) is 13.7 Å². The third kappa shape index (κ3) is 4.12. The molecular formula is C22H22FN3O4. The van der Waals surface area contributed by atoms with Crippen molar-refractivity contribution in [2.75, 3.05) is 25.5 Å². The van der Waals surface area contributed by atoms with Crippen molar-refractivity contribution >= 4 is 23.2 Å². The zero-order valence-corrected chi connectivity index (χ0v) is 16.6. The van der Waals surface area contributed by atoms with Crippen molar-refractivity contribution in [3.8, 4) is 5.75 Å². The molecular weight excluding hydrogens is 389 g/mol. The number of carbonyl (C=O) groups excluding carboxylic acids is 2. The van der Waals surface area contributed by atoms with Crippen LogP contribution in [0.15, 0.2) is 53.7 Å². The van der Waals surface area contributed by atoms with E-state index in [9.17, 15) is 14.0 Å². The molecule has 0 aromatic heterocycles. The molecule has 0 aliphatic carbocycles. The van der Waals surface area contributed by atoms with Gasteiger partial charge in [0.15, 0.2) is 5.60 Å². The van der Waals surface area contributed by atoms with Crippen LogP contribution in [0.3, 0.4) is 0 Å². The Balaban J connectivity index is 1.40. The number of carbonyl (C=O) groups is 2. The minimum Gasteiger partial charge on any atom is -0.497 e. The lowest BCUT2D eigenvalue weighted by molar-refractivity contribution is -0.110. The van der Waals surface area contributed by atoms with Gasteiger partial charge < -0.3 is 19.8 Å². The first-order valence-corrected chi connectivity index (χ1v) is 9.73. The van der Waals surface area contributed by atoms with Crippen molar-refractivity contribution in [1.29, 1.82) is 0 Å². The Labute approximate surface area is 173 Å². The minimum absolute atomic E-state index is 0.256. The number of ether oxygens (including phenoxy) is 1.